The number of aryl methyl sites for hydroxylation is 1. The van der Waals surface area contributed by atoms with Gasteiger partial charge in [0.1, 0.15) is 0 Å². The molecular formula is C23H19ClOS. The Morgan fingerprint density at radius 3 is 2.27 bits per heavy atom. The number of hydrogen-bond acceptors (Lipinski definition) is 2. The maximum atomic E-state index is 13.4. The van der Waals surface area contributed by atoms with Crippen LogP contribution >= 0.6 is 23.4 Å². The third kappa shape index (κ3) is 3.32. The zero-order chi connectivity index (χ0) is 18.1. The van der Waals surface area contributed by atoms with Crippen LogP contribution in [0.25, 0.3) is 0 Å². The fourth-order valence-corrected chi connectivity index (χ4v) is 4.96. The van der Waals surface area contributed by atoms with Crippen LogP contribution in [-0.4, -0.2) is 10.5 Å². The summed E-state index contributed by atoms with van der Waals surface area (Å²) < 4.78 is -0.440. The van der Waals surface area contributed by atoms with Crippen molar-refractivity contribution in [2.45, 2.75) is 28.9 Å². The van der Waals surface area contributed by atoms with E-state index in [1.165, 1.54) is 11.1 Å². The van der Waals surface area contributed by atoms with Crippen LogP contribution in [0.1, 0.15) is 33.8 Å². The lowest BCUT2D eigenvalue weighted by atomic mass is 10.0. The molecule has 0 aromatic heterocycles. The monoisotopic (exact) mass is 378 g/mol. The quantitative estimate of drug-likeness (QED) is 0.468. The van der Waals surface area contributed by atoms with Gasteiger partial charge in [-0.2, -0.15) is 0 Å². The summed E-state index contributed by atoms with van der Waals surface area (Å²) in [6.07, 6.45) is 0.858. The second-order valence-corrected chi connectivity index (χ2v) is 8.65. The summed E-state index contributed by atoms with van der Waals surface area (Å²) in [4.78, 5) is 14.6. The molecule has 1 nitrogen and oxygen atoms in total. The molecule has 0 spiro atoms. The summed E-state index contributed by atoms with van der Waals surface area (Å²) in [7, 11) is 0. The highest BCUT2D eigenvalue weighted by molar-refractivity contribution is 8.01. The van der Waals surface area contributed by atoms with Crippen molar-refractivity contribution in [3.63, 3.8) is 0 Å². The van der Waals surface area contributed by atoms with Crippen molar-refractivity contribution in [1.82, 2.24) is 0 Å². The minimum atomic E-state index is -0.440. The van der Waals surface area contributed by atoms with Crippen LogP contribution in [0.2, 0.25) is 5.02 Å². The van der Waals surface area contributed by atoms with E-state index >= 15 is 0 Å². The molecule has 3 heteroatoms. The van der Waals surface area contributed by atoms with Gasteiger partial charge >= 0.3 is 0 Å². The Bertz CT molecular complexity index is 919. The molecular weight excluding hydrogens is 360 g/mol. The number of ketones is 1. The van der Waals surface area contributed by atoms with Crippen molar-refractivity contribution in [3.05, 3.63) is 101 Å². The highest BCUT2D eigenvalue weighted by Gasteiger charge is 2.61. The summed E-state index contributed by atoms with van der Waals surface area (Å²) in [6, 6.07) is 26.0. The van der Waals surface area contributed by atoms with Crippen LogP contribution < -0.4 is 0 Å². The first kappa shape index (κ1) is 17.4. The molecule has 0 amide bonds. The van der Waals surface area contributed by atoms with E-state index in [4.69, 9.17) is 11.6 Å². The topological polar surface area (TPSA) is 17.1 Å². The fourth-order valence-electron chi connectivity index (χ4n) is 3.38. The molecule has 0 aliphatic heterocycles. The van der Waals surface area contributed by atoms with Crippen molar-refractivity contribution in [2.24, 2.45) is 0 Å². The van der Waals surface area contributed by atoms with E-state index < -0.39 is 4.75 Å². The molecule has 4 rings (SSSR count). The molecule has 0 saturated heterocycles. The van der Waals surface area contributed by atoms with Gasteiger partial charge in [0, 0.05) is 21.4 Å². The Morgan fingerprint density at radius 2 is 1.62 bits per heavy atom. The molecule has 2 unspecified atom stereocenters. The van der Waals surface area contributed by atoms with Crippen molar-refractivity contribution >= 4 is 29.1 Å². The summed E-state index contributed by atoms with van der Waals surface area (Å²) in [5.41, 5.74) is 3.20. The molecule has 0 heterocycles. The maximum Gasteiger partial charge on any atom is 0.179 e. The van der Waals surface area contributed by atoms with Crippen LogP contribution in [0.15, 0.2) is 83.8 Å². The molecule has 1 aliphatic carbocycles. The van der Waals surface area contributed by atoms with Crippen molar-refractivity contribution in [2.75, 3.05) is 0 Å². The predicted octanol–water partition coefficient (Wildman–Crippen LogP) is 6.55. The molecule has 1 saturated carbocycles. The van der Waals surface area contributed by atoms with Gasteiger partial charge in [0.05, 0.1) is 4.75 Å². The summed E-state index contributed by atoms with van der Waals surface area (Å²) in [5, 5.41) is 0.650. The van der Waals surface area contributed by atoms with E-state index in [2.05, 4.69) is 43.3 Å². The van der Waals surface area contributed by atoms with Gasteiger partial charge in [0.25, 0.3) is 0 Å². The van der Waals surface area contributed by atoms with Gasteiger partial charge in [-0.25, -0.2) is 0 Å². The number of carbonyl (C=O) groups is 1. The summed E-state index contributed by atoms with van der Waals surface area (Å²) in [6.45, 7) is 2.08. The minimum Gasteiger partial charge on any atom is -0.293 e. The summed E-state index contributed by atoms with van der Waals surface area (Å²) >= 11 is 7.69. The molecule has 2 atom stereocenters. The second-order valence-electron chi connectivity index (χ2n) is 6.81. The average molecular weight is 379 g/mol. The van der Waals surface area contributed by atoms with Gasteiger partial charge in [0.15, 0.2) is 5.78 Å². The van der Waals surface area contributed by atoms with Crippen molar-refractivity contribution in [1.29, 1.82) is 0 Å². The third-order valence-corrected chi connectivity index (χ3v) is 6.68. The number of carbonyl (C=O) groups excluding carboxylic acids is 1. The molecule has 0 radical (unpaired) electrons. The number of thioether (sulfide) groups is 1. The molecule has 130 valence electrons. The Balaban J connectivity index is 1.69. The molecule has 1 aliphatic rings. The van der Waals surface area contributed by atoms with Gasteiger partial charge in [-0.3, -0.25) is 4.79 Å². The number of benzene rings is 3. The average Bonchev–Trinajstić information content (AvgIpc) is 3.38. The number of halogens is 1. The van der Waals surface area contributed by atoms with Crippen LogP contribution in [-0.2, 0) is 0 Å². The molecule has 1 fully saturated rings. The van der Waals surface area contributed by atoms with E-state index in [-0.39, 0.29) is 11.7 Å². The van der Waals surface area contributed by atoms with Crippen LogP contribution in [0.3, 0.4) is 0 Å². The van der Waals surface area contributed by atoms with Crippen molar-refractivity contribution in [3.8, 4) is 0 Å². The number of Topliss-reactive ketones (excluding diaryl/α,β-unsaturated/α-hetero) is 1. The Kier molecular flexibility index (Phi) is 4.64. The smallest absolute Gasteiger partial charge is 0.179 e. The van der Waals surface area contributed by atoms with Gasteiger partial charge in [-0.1, -0.05) is 59.6 Å². The van der Waals surface area contributed by atoms with Gasteiger partial charge in [-0.15, -0.1) is 11.8 Å². The lowest BCUT2D eigenvalue weighted by Crippen LogP contribution is -2.21. The van der Waals surface area contributed by atoms with E-state index in [9.17, 15) is 4.79 Å². The van der Waals surface area contributed by atoms with E-state index in [1.54, 1.807) is 23.9 Å². The normalized spacial score (nSPS) is 21.4. The molecule has 3 aromatic rings. The van der Waals surface area contributed by atoms with Crippen LogP contribution in [0.5, 0.6) is 0 Å². The summed E-state index contributed by atoms with van der Waals surface area (Å²) in [5.74, 6) is 0.421. The maximum absolute atomic E-state index is 13.4. The van der Waals surface area contributed by atoms with Gasteiger partial charge in [0.2, 0.25) is 0 Å². The first-order valence-electron chi connectivity index (χ1n) is 8.69. The lowest BCUT2D eigenvalue weighted by molar-refractivity contribution is 0.0979. The first-order valence-corrected chi connectivity index (χ1v) is 9.89. The predicted molar refractivity (Wildman–Crippen MR) is 109 cm³/mol. The Morgan fingerprint density at radius 1 is 0.962 bits per heavy atom. The highest BCUT2D eigenvalue weighted by Crippen LogP contribution is 2.63. The standard InChI is InChI=1S/C23H19ClOS/c1-16-7-9-17(10-8-16)21-15-23(21,26-20-5-3-2-4-6-20)22(25)18-11-13-19(24)14-12-18/h2-14,21H,15H2,1H3. The lowest BCUT2D eigenvalue weighted by Gasteiger charge is -2.17. The first-order chi connectivity index (χ1) is 12.6. The van der Waals surface area contributed by atoms with Gasteiger partial charge < -0.3 is 0 Å². The minimum absolute atomic E-state index is 0.189. The van der Waals surface area contributed by atoms with Crippen molar-refractivity contribution < 1.29 is 4.79 Å². The highest BCUT2D eigenvalue weighted by atomic mass is 35.5. The SMILES string of the molecule is Cc1ccc(C2CC2(Sc2ccccc2)C(=O)c2ccc(Cl)cc2)cc1. The molecule has 0 N–H and O–H groups in total. The largest absolute Gasteiger partial charge is 0.293 e. The zero-order valence-electron chi connectivity index (χ0n) is 14.5. The molecule has 3 aromatic carbocycles. The fraction of sp³-hybridized carbons (Fsp3) is 0.174. The van der Waals surface area contributed by atoms with Crippen LogP contribution in [0.4, 0.5) is 0 Å². The van der Waals surface area contributed by atoms with Gasteiger partial charge in [-0.05, 0) is 55.3 Å². The number of hydrogen-bond donors (Lipinski definition) is 0. The Labute approximate surface area is 163 Å². The third-order valence-electron chi connectivity index (χ3n) is 4.92. The number of rotatable bonds is 5. The molecule has 0 bridgehead atoms. The van der Waals surface area contributed by atoms with E-state index in [1.807, 2.05) is 30.3 Å². The van der Waals surface area contributed by atoms with E-state index in [0.29, 0.717) is 5.02 Å². The van der Waals surface area contributed by atoms with E-state index in [0.717, 1.165) is 16.9 Å². The van der Waals surface area contributed by atoms with Crippen LogP contribution in [0, 0.1) is 6.92 Å². The zero-order valence-corrected chi connectivity index (χ0v) is 16.1. The second kappa shape index (κ2) is 6.94. The molecule has 26 heavy (non-hydrogen) atoms. The Hall–Kier alpha value is -2.03.